The van der Waals surface area contributed by atoms with Crippen LogP contribution in [0.25, 0.3) is 0 Å². The average Bonchev–Trinajstić information content (AvgIpc) is 2.85. The Morgan fingerprint density at radius 1 is 1.12 bits per heavy atom. The summed E-state index contributed by atoms with van der Waals surface area (Å²) >= 11 is 5.18. The summed E-state index contributed by atoms with van der Waals surface area (Å²) in [7, 11) is 1.97. The fourth-order valence-corrected chi connectivity index (χ4v) is 4.85. The van der Waals surface area contributed by atoms with Crippen LogP contribution in [-0.4, -0.2) is 37.5 Å². The zero-order chi connectivity index (χ0) is 18.4. The SMILES string of the molecule is CN(CC(=O)Nc1ccc(N2CCCCCC2)cc1)Cc1ccc(Br)s1. The van der Waals surface area contributed by atoms with Crippen molar-refractivity contribution in [1.82, 2.24) is 4.90 Å². The number of nitrogens with zero attached hydrogens (tertiary/aromatic N) is 2. The third-order valence-electron chi connectivity index (χ3n) is 4.59. The highest BCUT2D eigenvalue weighted by molar-refractivity contribution is 9.11. The monoisotopic (exact) mass is 435 g/mol. The average molecular weight is 436 g/mol. The predicted molar refractivity (Wildman–Crippen MR) is 114 cm³/mol. The van der Waals surface area contributed by atoms with Crippen LogP contribution in [0.4, 0.5) is 11.4 Å². The summed E-state index contributed by atoms with van der Waals surface area (Å²) < 4.78 is 1.12. The van der Waals surface area contributed by atoms with Crippen LogP contribution in [0.3, 0.4) is 0 Å². The molecule has 0 aliphatic carbocycles. The molecule has 0 atom stereocenters. The van der Waals surface area contributed by atoms with Gasteiger partial charge in [-0.2, -0.15) is 0 Å². The molecular weight excluding hydrogens is 410 g/mol. The summed E-state index contributed by atoms with van der Waals surface area (Å²) in [6, 6.07) is 12.4. The zero-order valence-electron chi connectivity index (χ0n) is 15.2. The third-order valence-corrected chi connectivity index (χ3v) is 6.20. The lowest BCUT2D eigenvalue weighted by Gasteiger charge is -2.23. The predicted octanol–water partition coefficient (Wildman–Crippen LogP) is 4.96. The highest BCUT2D eigenvalue weighted by Crippen LogP contribution is 2.23. The summed E-state index contributed by atoms with van der Waals surface area (Å²) in [4.78, 5) is 18.0. The van der Waals surface area contributed by atoms with Gasteiger partial charge in [-0.15, -0.1) is 11.3 Å². The number of benzene rings is 1. The molecule has 1 aliphatic rings. The van der Waals surface area contributed by atoms with Gasteiger partial charge in [-0.3, -0.25) is 9.69 Å². The van der Waals surface area contributed by atoms with E-state index < -0.39 is 0 Å². The molecule has 3 rings (SSSR count). The maximum Gasteiger partial charge on any atom is 0.238 e. The van der Waals surface area contributed by atoms with Crippen molar-refractivity contribution in [3.05, 3.63) is 45.1 Å². The van der Waals surface area contributed by atoms with Crippen LogP contribution < -0.4 is 10.2 Å². The third kappa shape index (κ3) is 5.83. The first-order valence-corrected chi connectivity index (χ1v) is 10.8. The van der Waals surface area contributed by atoms with E-state index in [2.05, 4.69) is 44.3 Å². The van der Waals surface area contributed by atoms with Crippen molar-refractivity contribution < 1.29 is 4.79 Å². The van der Waals surface area contributed by atoms with Gasteiger partial charge in [0.2, 0.25) is 5.91 Å². The molecule has 4 nitrogen and oxygen atoms in total. The lowest BCUT2D eigenvalue weighted by Crippen LogP contribution is -2.29. The van der Waals surface area contributed by atoms with Crippen LogP contribution in [-0.2, 0) is 11.3 Å². The van der Waals surface area contributed by atoms with E-state index in [9.17, 15) is 4.79 Å². The second kappa shape index (κ2) is 9.53. The zero-order valence-corrected chi connectivity index (χ0v) is 17.6. The topological polar surface area (TPSA) is 35.6 Å². The molecule has 0 radical (unpaired) electrons. The Balaban J connectivity index is 1.49. The van der Waals surface area contributed by atoms with Crippen LogP contribution in [0.2, 0.25) is 0 Å². The molecule has 6 heteroatoms. The van der Waals surface area contributed by atoms with Crippen molar-refractivity contribution in [2.45, 2.75) is 32.2 Å². The van der Waals surface area contributed by atoms with E-state index in [1.807, 2.05) is 30.1 Å². The Labute approximate surface area is 168 Å². The molecule has 140 valence electrons. The van der Waals surface area contributed by atoms with Gasteiger partial charge in [0.15, 0.2) is 0 Å². The Morgan fingerprint density at radius 2 is 1.81 bits per heavy atom. The lowest BCUT2D eigenvalue weighted by molar-refractivity contribution is -0.117. The van der Waals surface area contributed by atoms with Gasteiger partial charge in [-0.25, -0.2) is 0 Å². The minimum Gasteiger partial charge on any atom is -0.372 e. The minimum absolute atomic E-state index is 0.0191. The van der Waals surface area contributed by atoms with Gasteiger partial charge >= 0.3 is 0 Å². The first-order chi connectivity index (χ1) is 12.6. The Morgan fingerprint density at radius 3 is 2.42 bits per heavy atom. The number of carbonyl (C=O) groups excluding carboxylic acids is 1. The molecule has 1 aromatic heterocycles. The first kappa shape index (κ1) is 19.4. The van der Waals surface area contributed by atoms with E-state index in [-0.39, 0.29) is 5.91 Å². The highest BCUT2D eigenvalue weighted by atomic mass is 79.9. The number of halogens is 1. The van der Waals surface area contributed by atoms with E-state index in [1.165, 1.54) is 36.2 Å². The van der Waals surface area contributed by atoms with Crippen molar-refractivity contribution in [2.75, 3.05) is 36.9 Å². The van der Waals surface area contributed by atoms with Crippen molar-refractivity contribution in [3.63, 3.8) is 0 Å². The summed E-state index contributed by atoms with van der Waals surface area (Å²) in [5, 5.41) is 3.00. The Hall–Kier alpha value is -1.37. The van der Waals surface area contributed by atoms with Gasteiger partial charge in [0.05, 0.1) is 10.3 Å². The van der Waals surface area contributed by atoms with E-state index in [1.54, 1.807) is 11.3 Å². The molecule has 0 saturated carbocycles. The molecular formula is C20H26BrN3OS. The van der Waals surface area contributed by atoms with Crippen LogP contribution >= 0.6 is 27.3 Å². The van der Waals surface area contributed by atoms with Crippen molar-refractivity contribution >= 4 is 44.5 Å². The van der Waals surface area contributed by atoms with Gasteiger partial charge in [0, 0.05) is 35.9 Å². The number of nitrogens with one attached hydrogen (secondary N) is 1. The van der Waals surface area contributed by atoms with Crippen LogP contribution in [0.1, 0.15) is 30.6 Å². The second-order valence-electron chi connectivity index (χ2n) is 6.87. The molecule has 0 bridgehead atoms. The molecule has 1 fully saturated rings. The smallest absolute Gasteiger partial charge is 0.238 e. The minimum atomic E-state index is 0.0191. The summed E-state index contributed by atoms with van der Waals surface area (Å²) in [5.41, 5.74) is 2.12. The number of anilines is 2. The Bertz CT molecular complexity index is 708. The summed E-state index contributed by atoms with van der Waals surface area (Å²) in [6.07, 6.45) is 5.21. The van der Waals surface area contributed by atoms with Gasteiger partial charge in [-0.1, -0.05) is 12.8 Å². The molecule has 2 heterocycles. The first-order valence-electron chi connectivity index (χ1n) is 9.18. The molecule has 1 aromatic carbocycles. The largest absolute Gasteiger partial charge is 0.372 e. The molecule has 1 amide bonds. The standard InChI is InChI=1S/C20H26BrN3OS/c1-23(14-18-10-11-19(21)26-18)15-20(25)22-16-6-8-17(9-7-16)24-12-4-2-3-5-13-24/h6-11H,2-5,12-15H2,1H3,(H,22,25). The lowest BCUT2D eigenvalue weighted by atomic mass is 10.2. The normalized spacial score (nSPS) is 15.1. The molecule has 0 unspecified atom stereocenters. The van der Waals surface area contributed by atoms with Gasteiger partial charge in [0.25, 0.3) is 0 Å². The maximum atomic E-state index is 12.3. The van der Waals surface area contributed by atoms with Crippen molar-refractivity contribution in [3.8, 4) is 0 Å². The molecule has 2 aromatic rings. The van der Waals surface area contributed by atoms with Crippen LogP contribution in [0.5, 0.6) is 0 Å². The quantitative estimate of drug-likeness (QED) is 0.695. The molecule has 1 saturated heterocycles. The second-order valence-corrected chi connectivity index (χ2v) is 9.42. The fraction of sp³-hybridized carbons (Fsp3) is 0.450. The molecule has 0 spiro atoms. The number of likely N-dealkylation sites (N-methyl/N-ethyl adjacent to an activating group) is 1. The van der Waals surface area contributed by atoms with Crippen LogP contribution in [0, 0.1) is 0 Å². The van der Waals surface area contributed by atoms with Crippen LogP contribution in [0.15, 0.2) is 40.2 Å². The maximum absolute atomic E-state index is 12.3. The number of rotatable bonds is 6. The van der Waals surface area contributed by atoms with Crippen molar-refractivity contribution in [1.29, 1.82) is 0 Å². The van der Waals surface area contributed by atoms with Crippen molar-refractivity contribution in [2.24, 2.45) is 0 Å². The summed E-state index contributed by atoms with van der Waals surface area (Å²) in [5.74, 6) is 0.0191. The molecule has 26 heavy (non-hydrogen) atoms. The summed E-state index contributed by atoms with van der Waals surface area (Å²) in [6.45, 7) is 3.42. The van der Waals surface area contributed by atoms with E-state index in [0.717, 1.165) is 29.1 Å². The fourth-order valence-electron chi connectivity index (χ4n) is 3.29. The van der Waals surface area contributed by atoms with E-state index >= 15 is 0 Å². The van der Waals surface area contributed by atoms with Gasteiger partial charge in [-0.05, 0) is 72.2 Å². The van der Waals surface area contributed by atoms with Gasteiger partial charge < -0.3 is 10.2 Å². The van der Waals surface area contributed by atoms with E-state index in [0.29, 0.717) is 6.54 Å². The molecule has 1 N–H and O–H groups in total. The van der Waals surface area contributed by atoms with Gasteiger partial charge in [0.1, 0.15) is 0 Å². The van der Waals surface area contributed by atoms with E-state index in [4.69, 9.17) is 0 Å². The number of carbonyl (C=O) groups is 1. The number of hydrogen-bond acceptors (Lipinski definition) is 4. The number of hydrogen-bond donors (Lipinski definition) is 1. The highest BCUT2D eigenvalue weighted by Gasteiger charge is 2.11. The Kier molecular flexibility index (Phi) is 7.11. The number of thiophene rings is 1. The molecule has 1 aliphatic heterocycles. The number of amides is 1.